The average Bonchev–Trinajstić information content (AvgIpc) is 2.69. The third-order valence-electron chi connectivity index (χ3n) is 4.07. The van der Waals surface area contributed by atoms with E-state index in [2.05, 4.69) is 10.0 Å². The first-order chi connectivity index (χ1) is 13.7. The van der Waals surface area contributed by atoms with Gasteiger partial charge in [-0.15, -0.1) is 0 Å². The predicted molar refractivity (Wildman–Crippen MR) is 109 cm³/mol. The van der Waals surface area contributed by atoms with Crippen molar-refractivity contribution in [2.75, 3.05) is 10.0 Å². The topological polar surface area (TPSA) is 118 Å². The predicted octanol–water partition coefficient (Wildman–Crippen LogP) is 3.96. The molecule has 0 aliphatic carbocycles. The lowest BCUT2D eigenvalue weighted by atomic mass is 10.2. The molecule has 0 atom stereocenters. The van der Waals surface area contributed by atoms with Crippen molar-refractivity contribution in [3.63, 3.8) is 0 Å². The van der Waals surface area contributed by atoms with E-state index in [0.717, 1.165) is 5.56 Å². The molecular weight excluding hydrogens is 394 g/mol. The van der Waals surface area contributed by atoms with Crippen LogP contribution in [0.4, 0.5) is 17.1 Å². The van der Waals surface area contributed by atoms with Crippen molar-refractivity contribution in [3.05, 3.63) is 94.0 Å². The van der Waals surface area contributed by atoms with E-state index in [-0.39, 0.29) is 10.6 Å². The van der Waals surface area contributed by atoms with E-state index in [4.69, 9.17) is 0 Å². The average molecular weight is 411 g/mol. The van der Waals surface area contributed by atoms with Gasteiger partial charge in [0, 0.05) is 29.1 Å². The van der Waals surface area contributed by atoms with Crippen LogP contribution in [0, 0.1) is 17.0 Å². The van der Waals surface area contributed by atoms with Crippen LogP contribution in [0.15, 0.2) is 77.7 Å². The minimum absolute atomic E-state index is 0.0757. The van der Waals surface area contributed by atoms with Gasteiger partial charge in [-0.2, -0.15) is 0 Å². The third-order valence-corrected chi connectivity index (χ3v) is 5.46. The number of hydrogen-bond acceptors (Lipinski definition) is 5. The van der Waals surface area contributed by atoms with Crippen LogP contribution in [-0.2, 0) is 10.0 Å². The number of benzene rings is 3. The maximum absolute atomic E-state index is 12.4. The zero-order chi connectivity index (χ0) is 21.0. The van der Waals surface area contributed by atoms with Gasteiger partial charge >= 0.3 is 0 Å². The Morgan fingerprint density at radius 2 is 1.41 bits per heavy atom. The lowest BCUT2D eigenvalue weighted by Gasteiger charge is -2.09. The molecule has 0 aliphatic heterocycles. The van der Waals surface area contributed by atoms with Crippen molar-refractivity contribution in [3.8, 4) is 0 Å². The Bertz CT molecular complexity index is 1140. The van der Waals surface area contributed by atoms with Crippen LogP contribution in [0.1, 0.15) is 15.9 Å². The molecule has 0 saturated carbocycles. The van der Waals surface area contributed by atoms with Crippen LogP contribution in [0.25, 0.3) is 0 Å². The molecule has 0 saturated heterocycles. The zero-order valence-electron chi connectivity index (χ0n) is 15.3. The highest BCUT2D eigenvalue weighted by Crippen LogP contribution is 2.19. The molecule has 3 aromatic rings. The molecule has 0 aliphatic rings. The summed E-state index contributed by atoms with van der Waals surface area (Å²) >= 11 is 0. The van der Waals surface area contributed by atoms with Crippen molar-refractivity contribution < 1.29 is 18.1 Å². The Labute approximate surface area is 167 Å². The maximum atomic E-state index is 12.4. The number of carbonyl (C=O) groups excluding carboxylic acids is 1. The van der Waals surface area contributed by atoms with Gasteiger partial charge in [0.05, 0.1) is 9.82 Å². The third kappa shape index (κ3) is 4.96. The summed E-state index contributed by atoms with van der Waals surface area (Å²) in [5.41, 5.74) is 1.91. The highest BCUT2D eigenvalue weighted by molar-refractivity contribution is 7.92. The first-order valence-corrected chi connectivity index (χ1v) is 9.98. The monoisotopic (exact) mass is 411 g/mol. The van der Waals surface area contributed by atoms with Crippen molar-refractivity contribution in [2.24, 2.45) is 0 Å². The Morgan fingerprint density at radius 1 is 0.862 bits per heavy atom. The van der Waals surface area contributed by atoms with Crippen molar-refractivity contribution in [1.29, 1.82) is 0 Å². The number of nitro benzene ring substituents is 1. The van der Waals surface area contributed by atoms with Gasteiger partial charge in [-0.25, -0.2) is 8.42 Å². The Balaban J connectivity index is 1.68. The Kier molecular flexibility index (Phi) is 5.60. The summed E-state index contributed by atoms with van der Waals surface area (Å²) < 4.78 is 27.3. The summed E-state index contributed by atoms with van der Waals surface area (Å²) in [5.74, 6) is -0.424. The molecule has 148 valence electrons. The van der Waals surface area contributed by atoms with Crippen LogP contribution < -0.4 is 10.0 Å². The number of carbonyl (C=O) groups is 1. The molecule has 3 rings (SSSR count). The van der Waals surface area contributed by atoms with E-state index in [1.165, 1.54) is 60.7 Å². The summed E-state index contributed by atoms with van der Waals surface area (Å²) in [6, 6.07) is 17.8. The number of hydrogen-bond donors (Lipinski definition) is 2. The normalized spacial score (nSPS) is 10.9. The molecule has 0 bridgehead atoms. The largest absolute Gasteiger partial charge is 0.322 e. The SMILES string of the molecule is Cc1ccc(S(=O)(=O)Nc2ccc(C(=O)Nc3ccc([N+](=O)[O-])cc3)cc2)cc1. The number of sulfonamides is 1. The van der Waals surface area contributed by atoms with Crippen molar-refractivity contribution in [2.45, 2.75) is 11.8 Å². The van der Waals surface area contributed by atoms with Crippen LogP contribution in [0.2, 0.25) is 0 Å². The standard InChI is InChI=1S/C20H17N3O5S/c1-14-2-12-19(13-3-14)29(27,28)22-17-6-4-15(5-7-17)20(24)21-16-8-10-18(11-9-16)23(25)26/h2-13,22H,1H3,(H,21,24). The highest BCUT2D eigenvalue weighted by atomic mass is 32.2. The summed E-state index contributed by atoms with van der Waals surface area (Å²) in [6.45, 7) is 1.87. The van der Waals surface area contributed by atoms with Gasteiger partial charge in [-0.1, -0.05) is 17.7 Å². The molecule has 3 aromatic carbocycles. The minimum atomic E-state index is -3.73. The molecule has 0 fully saturated rings. The van der Waals surface area contributed by atoms with Crippen molar-refractivity contribution in [1.82, 2.24) is 0 Å². The molecule has 1 amide bonds. The molecule has 0 heterocycles. The first kappa shape index (κ1) is 20.0. The van der Waals surface area contributed by atoms with Crippen LogP contribution in [0.3, 0.4) is 0 Å². The van der Waals surface area contributed by atoms with E-state index < -0.39 is 20.9 Å². The summed E-state index contributed by atoms with van der Waals surface area (Å²) in [7, 11) is -3.73. The van der Waals surface area contributed by atoms with Gasteiger partial charge in [-0.3, -0.25) is 19.6 Å². The maximum Gasteiger partial charge on any atom is 0.269 e. The van der Waals surface area contributed by atoms with Gasteiger partial charge in [0.25, 0.3) is 21.6 Å². The van der Waals surface area contributed by atoms with Gasteiger partial charge < -0.3 is 5.32 Å². The summed E-state index contributed by atoms with van der Waals surface area (Å²) in [5, 5.41) is 13.3. The second-order valence-electron chi connectivity index (χ2n) is 6.25. The summed E-state index contributed by atoms with van der Waals surface area (Å²) in [6.07, 6.45) is 0. The number of nitro groups is 1. The van der Waals surface area contributed by atoms with E-state index in [1.807, 2.05) is 6.92 Å². The van der Waals surface area contributed by atoms with E-state index >= 15 is 0 Å². The molecule has 29 heavy (non-hydrogen) atoms. The Morgan fingerprint density at radius 3 is 1.97 bits per heavy atom. The van der Waals surface area contributed by atoms with Crippen LogP contribution in [-0.4, -0.2) is 19.2 Å². The number of anilines is 2. The van der Waals surface area contributed by atoms with Crippen LogP contribution >= 0.6 is 0 Å². The molecule has 9 heteroatoms. The number of rotatable bonds is 6. The quantitative estimate of drug-likeness (QED) is 0.470. The van der Waals surface area contributed by atoms with Gasteiger partial charge in [0.2, 0.25) is 0 Å². The number of amides is 1. The molecule has 8 nitrogen and oxygen atoms in total. The fourth-order valence-electron chi connectivity index (χ4n) is 2.49. The zero-order valence-corrected chi connectivity index (χ0v) is 16.1. The van der Waals surface area contributed by atoms with Crippen molar-refractivity contribution >= 4 is 33.0 Å². The fourth-order valence-corrected chi connectivity index (χ4v) is 3.55. The lowest BCUT2D eigenvalue weighted by Crippen LogP contribution is -2.14. The number of nitrogens with zero attached hydrogens (tertiary/aromatic N) is 1. The molecule has 2 N–H and O–H groups in total. The molecular formula is C20H17N3O5S. The number of nitrogens with one attached hydrogen (secondary N) is 2. The summed E-state index contributed by atoms with van der Waals surface area (Å²) in [4.78, 5) is 22.6. The second-order valence-corrected chi connectivity index (χ2v) is 7.94. The lowest BCUT2D eigenvalue weighted by molar-refractivity contribution is -0.384. The fraction of sp³-hybridized carbons (Fsp3) is 0.0500. The molecule has 0 aromatic heterocycles. The van der Waals surface area contributed by atoms with Gasteiger partial charge in [0.15, 0.2) is 0 Å². The van der Waals surface area contributed by atoms with E-state index in [0.29, 0.717) is 16.9 Å². The van der Waals surface area contributed by atoms with E-state index in [9.17, 15) is 23.3 Å². The second kappa shape index (κ2) is 8.11. The minimum Gasteiger partial charge on any atom is -0.322 e. The molecule has 0 spiro atoms. The van der Waals surface area contributed by atoms with Gasteiger partial charge in [0.1, 0.15) is 0 Å². The first-order valence-electron chi connectivity index (χ1n) is 8.50. The molecule has 0 unspecified atom stereocenters. The smallest absolute Gasteiger partial charge is 0.269 e. The number of non-ortho nitro benzene ring substituents is 1. The number of aryl methyl sites for hydroxylation is 1. The highest BCUT2D eigenvalue weighted by Gasteiger charge is 2.14. The van der Waals surface area contributed by atoms with Crippen LogP contribution in [0.5, 0.6) is 0 Å². The van der Waals surface area contributed by atoms with E-state index in [1.54, 1.807) is 12.1 Å². The Hall–Kier alpha value is -3.72. The van der Waals surface area contributed by atoms with Gasteiger partial charge in [-0.05, 0) is 55.5 Å². The molecule has 0 radical (unpaired) electrons.